The van der Waals surface area contributed by atoms with Gasteiger partial charge in [0.05, 0.1) is 11.4 Å². The van der Waals surface area contributed by atoms with Gasteiger partial charge in [-0.15, -0.1) is 0 Å². The zero-order valence-corrected chi connectivity index (χ0v) is 12.1. The molecule has 110 valence electrons. The smallest absolute Gasteiger partial charge is 0.265 e. The van der Waals surface area contributed by atoms with Crippen LogP contribution in [0.25, 0.3) is 28.0 Å². The molecule has 0 radical (unpaired) electrons. The van der Waals surface area contributed by atoms with E-state index in [1.807, 2.05) is 54.6 Å². The van der Waals surface area contributed by atoms with Crippen molar-refractivity contribution in [3.05, 3.63) is 83.4 Å². The van der Waals surface area contributed by atoms with Crippen molar-refractivity contribution in [2.24, 2.45) is 0 Å². The van der Waals surface area contributed by atoms with Crippen molar-refractivity contribution in [1.82, 2.24) is 19.7 Å². The quantitative estimate of drug-likeness (QED) is 0.571. The molecule has 3 heterocycles. The lowest BCUT2D eigenvalue weighted by Crippen LogP contribution is -2.23. The number of aromatic nitrogens is 4. The molecule has 3 aromatic heterocycles. The minimum absolute atomic E-state index is 0.244. The van der Waals surface area contributed by atoms with E-state index in [1.54, 1.807) is 18.5 Å². The fourth-order valence-corrected chi connectivity index (χ4v) is 2.50. The highest BCUT2D eigenvalue weighted by Crippen LogP contribution is 2.22. The number of para-hydroxylation sites is 1. The summed E-state index contributed by atoms with van der Waals surface area (Å²) >= 11 is 0. The maximum absolute atomic E-state index is 12.7. The Kier molecular flexibility index (Phi) is 3.16. The molecule has 5 nitrogen and oxygen atoms in total. The van der Waals surface area contributed by atoms with Gasteiger partial charge in [0.15, 0.2) is 0 Å². The van der Waals surface area contributed by atoms with E-state index in [4.69, 9.17) is 0 Å². The van der Waals surface area contributed by atoms with Gasteiger partial charge >= 0.3 is 0 Å². The van der Waals surface area contributed by atoms with E-state index in [2.05, 4.69) is 15.1 Å². The fourth-order valence-electron chi connectivity index (χ4n) is 2.50. The Morgan fingerprint density at radius 3 is 2.35 bits per heavy atom. The molecule has 0 spiro atoms. The van der Waals surface area contributed by atoms with E-state index >= 15 is 0 Å². The Labute approximate surface area is 131 Å². The molecule has 0 aliphatic rings. The lowest BCUT2D eigenvalue weighted by molar-refractivity contribution is 0.821. The second-order valence-corrected chi connectivity index (χ2v) is 5.02. The van der Waals surface area contributed by atoms with Crippen LogP contribution in [0.2, 0.25) is 0 Å². The van der Waals surface area contributed by atoms with Gasteiger partial charge in [-0.1, -0.05) is 24.3 Å². The van der Waals surface area contributed by atoms with Crippen LogP contribution in [0.1, 0.15) is 0 Å². The first-order valence-corrected chi connectivity index (χ1v) is 7.19. The number of benzene rings is 1. The second-order valence-electron chi connectivity index (χ2n) is 5.02. The Morgan fingerprint density at radius 2 is 1.57 bits per heavy atom. The predicted octanol–water partition coefficient (Wildman–Crippen LogP) is 2.84. The molecule has 23 heavy (non-hydrogen) atoms. The number of hydrogen-bond acceptors (Lipinski definition) is 4. The van der Waals surface area contributed by atoms with E-state index < -0.39 is 0 Å². The van der Waals surface area contributed by atoms with Gasteiger partial charge in [-0.2, -0.15) is 9.78 Å². The molecule has 1 aromatic carbocycles. The highest BCUT2D eigenvalue weighted by atomic mass is 16.1. The molecular weight excluding hydrogens is 288 g/mol. The molecular formula is C18H12N4O. The van der Waals surface area contributed by atoms with Crippen LogP contribution in [0.3, 0.4) is 0 Å². The van der Waals surface area contributed by atoms with Crippen LogP contribution in [0.5, 0.6) is 0 Å². The Hall–Kier alpha value is -3.34. The van der Waals surface area contributed by atoms with Crippen molar-refractivity contribution >= 4 is 10.9 Å². The van der Waals surface area contributed by atoms with E-state index in [9.17, 15) is 4.79 Å². The van der Waals surface area contributed by atoms with Crippen molar-refractivity contribution in [1.29, 1.82) is 0 Å². The van der Waals surface area contributed by atoms with Crippen LogP contribution in [-0.2, 0) is 0 Å². The zero-order chi connectivity index (χ0) is 15.6. The van der Waals surface area contributed by atoms with Gasteiger partial charge < -0.3 is 0 Å². The molecule has 0 amide bonds. The maximum atomic E-state index is 12.7. The molecule has 4 aromatic rings. The van der Waals surface area contributed by atoms with E-state index in [-0.39, 0.29) is 5.56 Å². The summed E-state index contributed by atoms with van der Waals surface area (Å²) in [5.41, 5.74) is 2.17. The molecule has 0 saturated carbocycles. The Morgan fingerprint density at radius 1 is 0.783 bits per heavy atom. The van der Waals surface area contributed by atoms with Crippen molar-refractivity contribution < 1.29 is 0 Å². The third kappa shape index (κ3) is 2.28. The number of pyridine rings is 2. The first-order chi connectivity index (χ1) is 11.3. The molecule has 0 fully saturated rings. The van der Waals surface area contributed by atoms with Crippen LogP contribution in [0.4, 0.5) is 0 Å². The zero-order valence-electron chi connectivity index (χ0n) is 12.1. The van der Waals surface area contributed by atoms with Crippen LogP contribution in [0, 0.1) is 0 Å². The average Bonchev–Trinajstić information content (AvgIpc) is 2.64. The number of nitrogens with zero attached hydrogens (tertiary/aromatic N) is 4. The minimum Gasteiger partial charge on any atom is -0.265 e. The summed E-state index contributed by atoms with van der Waals surface area (Å²) in [4.78, 5) is 21.3. The van der Waals surface area contributed by atoms with Crippen molar-refractivity contribution in [2.75, 3.05) is 0 Å². The Balaban J connectivity index is 2.11. The van der Waals surface area contributed by atoms with Crippen molar-refractivity contribution in [3.63, 3.8) is 0 Å². The van der Waals surface area contributed by atoms with Crippen LogP contribution >= 0.6 is 0 Å². The topological polar surface area (TPSA) is 60.7 Å². The summed E-state index contributed by atoms with van der Waals surface area (Å²) in [6.45, 7) is 0. The SMILES string of the molecule is O=c1c2ncccc2c(-c2ccccn2)nn1-c1ccccc1. The number of fused-ring (bicyclic) bond motifs is 1. The van der Waals surface area contributed by atoms with Crippen molar-refractivity contribution in [3.8, 4) is 17.1 Å². The molecule has 0 bridgehead atoms. The first-order valence-electron chi connectivity index (χ1n) is 7.19. The van der Waals surface area contributed by atoms with Gasteiger partial charge in [-0.3, -0.25) is 14.8 Å². The van der Waals surface area contributed by atoms with Gasteiger partial charge in [0.1, 0.15) is 11.2 Å². The van der Waals surface area contributed by atoms with Crippen LogP contribution in [-0.4, -0.2) is 19.7 Å². The van der Waals surface area contributed by atoms with Gasteiger partial charge in [0.2, 0.25) is 0 Å². The number of hydrogen-bond donors (Lipinski definition) is 0. The lowest BCUT2D eigenvalue weighted by atomic mass is 10.1. The third-order valence-corrected chi connectivity index (χ3v) is 3.57. The summed E-state index contributed by atoms with van der Waals surface area (Å²) in [5.74, 6) is 0. The highest BCUT2D eigenvalue weighted by Gasteiger charge is 2.14. The molecule has 0 atom stereocenters. The minimum atomic E-state index is -0.244. The molecule has 0 aliphatic carbocycles. The predicted molar refractivity (Wildman–Crippen MR) is 88.4 cm³/mol. The van der Waals surface area contributed by atoms with Crippen LogP contribution < -0.4 is 5.56 Å². The summed E-state index contributed by atoms with van der Waals surface area (Å²) in [6.07, 6.45) is 3.32. The molecule has 4 rings (SSSR count). The number of rotatable bonds is 2. The monoisotopic (exact) mass is 300 g/mol. The normalized spacial score (nSPS) is 10.8. The van der Waals surface area contributed by atoms with Crippen LogP contribution in [0.15, 0.2) is 77.9 Å². The Bertz CT molecular complexity index is 1030. The van der Waals surface area contributed by atoms with Gasteiger partial charge in [0, 0.05) is 17.8 Å². The largest absolute Gasteiger partial charge is 0.297 e. The van der Waals surface area contributed by atoms with E-state index in [0.29, 0.717) is 28.0 Å². The summed E-state index contributed by atoms with van der Waals surface area (Å²) in [5, 5.41) is 5.24. The van der Waals surface area contributed by atoms with Gasteiger partial charge in [0.25, 0.3) is 5.56 Å². The van der Waals surface area contributed by atoms with E-state index in [0.717, 1.165) is 0 Å². The summed E-state index contributed by atoms with van der Waals surface area (Å²) in [7, 11) is 0. The first kappa shape index (κ1) is 13.3. The second kappa shape index (κ2) is 5.46. The average molecular weight is 300 g/mol. The van der Waals surface area contributed by atoms with Gasteiger partial charge in [-0.05, 0) is 36.4 Å². The van der Waals surface area contributed by atoms with Crippen molar-refractivity contribution in [2.45, 2.75) is 0 Å². The summed E-state index contributed by atoms with van der Waals surface area (Å²) in [6, 6.07) is 18.6. The molecule has 5 heteroatoms. The molecule has 0 saturated heterocycles. The summed E-state index contributed by atoms with van der Waals surface area (Å²) < 4.78 is 1.37. The standard InChI is InChI=1S/C18H12N4O/c23-18-17-14(9-6-12-20-17)16(15-10-4-5-11-19-15)21-22(18)13-7-2-1-3-8-13/h1-12H. The fraction of sp³-hybridized carbons (Fsp3) is 0. The molecule has 0 N–H and O–H groups in total. The molecule has 0 aliphatic heterocycles. The van der Waals surface area contributed by atoms with E-state index in [1.165, 1.54) is 4.68 Å². The third-order valence-electron chi connectivity index (χ3n) is 3.57. The lowest BCUT2D eigenvalue weighted by Gasteiger charge is -2.10. The maximum Gasteiger partial charge on any atom is 0.297 e. The molecule has 0 unspecified atom stereocenters. The van der Waals surface area contributed by atoms with Gasteiger partial charge in [-0.25, -0.2) is 0 Å². The highest BCUT2D eigenvalue weighted by molar-refractivity contribution is 5.90.